The van der Waals surface area contributed by atoms with Gasteiger partial charge in [0.2, 0.25) is 0 Å². The van der Waals surface area contributed by atoms with Crippen molar-refractivity contribution in [3.8, 4) is 6.07 Å². The summed E-state index contributed by atoms with van der Waals surface area (Å²) in [6.07, 6.45) is 0.676. The van der Waals surface area contributed by atoms with E-state index in [1.807, 2.05) is 6.07 Å². The number of alkyl halides is 2. The first-order chi connectivity index (χ1) is 8.73. The summed E-state index contributed by atoms with van der Waals surface area (Å²) >= 11 is 4.48. The van der Waals surface area contributed by atoms with Crippen LogP contribution in [0.3, 0.4) is 0 Å². The molecule has 90 valence electrons. The Morgan fingerprint density at radius 2 is 1.72 bits per heavy atom. The number of halogens is 2. The molecule has 0 amide bonds. The summed E-state index contributed by atoms with van der Waals surface area (Å²) in [5.74, 6) is 0. The lowest BCUT2D eigenvalue weighted by molar-refractivity contribution is 0.112. The number of aromatic nitrogens is 2. The van der Waals surface area contributed by atoms with Crippen molar-refractivity contribution in [3.63, 3.8) is 0 Å². The van der Waals surface area contributed by atoms with E-state index in [1.54, 1.807) is 12.1 Å². The Morgan fingerprint density at radius 3 is 2.17 bits per heavy atom. The highest BCUT2D eigenvalue weighted by Gasteiger charge is 2.10. The quantitative estimate of drug-likeness (QED) is 0.399. The van der Waals surface area contributed by atoms with Gasteiger partial charge in [-0.25, -0.2) is 9.97 Å². The average molecular weight is 463 g/mol. The van der Waals surface area contributed by atoms with Gasteiger partial charge in [-0.15, -0.1) is 0 Å². The summed E-state index contributed by atoms with van der Waals surface area (Å²) in [6, 6.07) is 5.25. The van der Waals surface area contributed by atoms with Gasteiger partial charge in [0, 0.05) is 14.4 Å². The maximum atomic E-state index is 10.9. The van der Waals surface area contributed by atoms with Crippen LogP contribution in [-0.4, -0.2) is 16.3 Å². The highest BCUT2D eigenvalue weighted by Crippen LogP contribution is 2.20. The van der Waals surface area contributed by atoms with E-state index in [0.29, 0.717) is 28.4 Å². The summed E-state index contributed by atoms with van der Waals surface area (Å²) in [5.41, 5.74) is 3.89. The molecule has 0 aliphatic rings. The predicted molar refractivity (Wildman–Crippen MR) is 85.1 cm³/mol. The number of hydrogen-bond acceptors (Lipinski definition) is 4. The van der Waals surface area contributed by atoms with Crippen LogP contribution in [0.15, 0.2) is 12.1 Å². The summed E-state index contributed by atoms with van der Waals surface area (Å²) in [4.78, 5) is 19.9. The van der Waals surface area contributed by atoms with E-state index in [9.17, 15) is 4.79 Å². The number of nitrogens with zero attached hydrogens (tertiary/aromatic N) is 3. The Labute approximate surface area is 131 Å². The largest absolute Gasteiger partial charge is 0.298 e. The van der Waals surface area contributed by atoms with E-state index in [0.717, 1.165) is 20.2 Å². The number of fused-ring (bicyclic) bond motifs is 1. The molecular weight excluding hydrogens is 456 g/mol. The van der Waals surface area contributed by atoms with Gasteiger partial charge in [0.1, 0.15) is 0 Å². The Kier molecular flexibility index (Phi) is 4.45. The highest BCUT2D eigenvalue weighted by atomic mass is 127. The first kappa shape index (κ1) is 13.6. The second-order valence-corrected chi connectivity index (χ2v) is 5.07. The number of rotatable bonds is 3. The van der Waals surface area contributed by atoms with Crippen LogP contribution in [0.1, 0.15) is 27.3 Å². The Bertz CT molecular complexity index is 664. The maximum Gasteiger partial charge on any atom is 0.151 e. The Hall–Kier alpha value is -0.820. The molecule has 0 aliphatic heterocycles. The van der Waals surface area contributed by atoms with Crippen LogP contribution in [0.2, 0.25) is 0 Å². The molecule has 0 saturated carbocycles. The number of hydrogen-bond donors (Lipinski definition) is 0. The minimum Gasteiger partial charge on any atom is -0.298 e. The van der Waals surface area contributed by atoms with Gasteiger partial charge in [-0.2, -0.15) is 5.26 Å². The molecule has 0 atom stereocenters. The van der Waals surface area contributed by atoms with Crippen LogP contribution in [0.5, 0.6) is 0 Å². The number of aldehydes is 1. The molecule has 0 saturated heterocycles. The lowest BCUT2D eigenvalue weighted by atomic mass is 10.1. The fourth-order valence-corrected chi connectivity index (χ4v) is 2.82. The molecule has 0 unspecified atom stereocenters. The van der Waals surface area contributed by atoms with Gasteiger partial charge in [0.05, 0.1) is 34.1 Å². The molecule has 2 rings (SSSR count). The first-order valence-electron chi connectivity index (χ1n) is 5.04. The van der Waals surface area contributed by atoms with E-state index >= 15 is 0 Å². The van der Waals surface area contributed by atoms with Crippen LogP contribution in [0.25, 0.3) is 11.0 Å². The molecule has 0 bridgehead atoms. The van der Waals surface area contributed by atoms with Crippen molar-refractivity contribution in [3.05, 3.63) is 34.6 Å². The van der Waals surface area contributed by atoms with Gasteiger partial charge in [-0.1, -0.05) is 45.2 Å². The standard InChI is InChI=1S/C12H7I2N3O/c13-3-11-12(4-14)17-10-2-8(6-18)7(5-15)1-9(10)16-11/h1-2,6H,3-4H2. The zero-order chi connectivity index (χ0) is 13.1. The lowest BCUT2D eigenvalue weighted by Crippen LogP contribution is -2.00. The molecule has 0 aliphatic carbocycles. The molecule has 1 aromatic carbocycles. The first-order valence-corrected chi connectivity index (χ1v) is 8.09. The molecule has 0 spiro atoms. The summed E-state index contributed by atoms with van der Waals surface area (Å²) in [6.45, 7) is 0. The fraction of sp³-hybridized carbons (Fsp3) is 0.167. The normalized spacial score (nSPS) is 10.3. The zero-order valence-corrected chi connectivity index (χ0v) is 13.5. The van der Waals surface area contributed by atoms with Gasteiger partial charge in [-0.05, 0) is 12.1 Å². The maximum absolute atomic E-state index is 10.9. The van der Waals surface area contributed by atoms with Crippen molar-refractivity contribution < 1.29 is 4.79 Å². The highest BCUT2D eigenvalue weighted by molar-refractivity contribution is 14.1. The molecule has 0 N–H and O–H groups in total. The molecule has 6 heteroatoms. The molecule has 18 heavy (non-hydrogen) atoms. The molecule has 1 heterocycles. The van der Waals surface area contributed by atoms with Crippen molar-refractivity contribution in [2.24, 2.45) is 0 Å². The van der Waals surface area contributed by atoms with E-state index in [4.69, 9.17) is 5.26 Å². The van der Waals surface area contributed by atoms with Gasteiger partial charge in [-0.3, -0.25) is 4.79 Å². The third kappa shape index (κ3) is 2.47. The monoisotopic (exact) mass is 463 g/mol. The summed E-state index contributed by atoms with van der Waals surface area (Å²) in [7, 11) is 0. The smallest absolute Gasteiger partial charge is 0.151 e. The molecule has 1 aromatic heterocycles. The van der Waals surface area contributed by atoms with Crippen molar-refractivity contribution >= 4 is 62.5 Å². The SMILES string of the molecule is N#Cc1cc2nc(CI)c(CI)nc2cc1C=O. The number of carbonyl (C=O) groups excluding carboxylic acids is 1. The van der Waals surface area contributed by atoms with E-state index in [2.05, 4.69) is 55.1 Å². The van der Waals surface area contributed by atoms with Crippen LogP contribution in [0, 0.1) is 11.3 Å². The average Bonchev–Trinajstić information content (AvgIpc) is 2.43. The van der Waals surface area contributed by atoms with E-state index in [-0.39, 0.29) is 0 Å². The van der Waals surface area contributed by atoms with Crippen molar-refractivity contribution in [2.75, 3.05) is 0 Å². The summed E-state index contributed by atoms with van der Waals surface area (Å²) < 4.78 is 1.55. The van der Waals surface area contributed by atoms with Gasteiger partial charge in [0.15, 0.2) is 6.29 Å². The Balaban J connectivity index is 2.78. The topological polar surface area (TPSA) is 66.6 Å². The molecule has 4 nitrogen and oxygen atoms in total. The third-order valence-corrected chi connectivity index (χ3v) is 3.94. The second kappa shape index (κ2) is 5.88. The van der Waals surface area contributed by atoms with Crippen molar-refractivity contribution in [1.82, 2.24) is 9.97 Å². The lowest BCUT2D eigenvalue weighted by Gasteiger charge is -2.06. The molecule has 0 fully saturated rings. The van der Waals surface area contributed by atoms with E-state index in [1.165, 1.54) is 0 Å². The van der Waals surface area contributed by atoms with Gasteiger partial charge < -0.3 is 0 Å². The molecule has 2 aromatic rings. The number of nitriles is 1. The minimum atomic E-state index is 0.341. The zero-order valence-electron chi connectivity index (χ0n) is 9.15. The predicted octanol–water partition coefficient (Wildman–Crippen LogP) is 3.18. The molecule has 0 radical (unpaired) electrons. The summed E-state index contributed by atoms with van der Waals surface area (Å²) in [5, 5.41) is 8.98. The third-order valence-electron chi connectivity index (χ3n) is 2.49. The van der Waals surface area contributed by atoms with Crippen LogP contribution < -0.4 is 0 Å². The van der Waals surface area contributed by atoms with Crippen molar-refractivity contribution in [2.45, 2.75) is 8.86 Å². The number of benzene rings is 1. The Morgan fingerprint density at radius 1 is 1.17 bits per heavy atom. The number of carbonyl (C=O) groups is 1. The van der Waals surface area contributed by atoms with Gasteiger partial charge >= 0.3 is 0 Å². The minimum absolute atomic E-state index is 0.341. The van der Waals surface area contributed by atoms with Gasteiger partial charge in [0.25, 0.3) is 0 Å². The fourth-order valence-electron chi connectivity index (χ4n) is 1.60. The molecular formula is C12H7I2N3O. The second-order valence-electron chi connectivity index (χ2n) is 3.54. The van der Waals surface area contributed by atoms with Crippen LogP contribution in [0.4, 0.5) is 0 Å². The van der Waals surface area contributed by atoms with E-state index < -0.39 is 0 Å². The van der Waals surface area contributed by atoms with Crippen LogP contribution in [-0.2, 0) is 8.86 Å². The van der Waals surface area contributed by atoms with Crippen LogP contribution >= 0.6 is 45.2 Å². The van der Waals surface area contributed by atoms with Crippen molar-refractivity contribution in [1.29, 1.82) is 5.26 Å².